The summed E-state index contributed by atoms with van der Waals surface area (Å²) in [6, 6.07) is 0. The lowest BCUT2D eigenvalue weighted by atomic mass is 9.66. The molecule has 2 aliphatic carbocycles. The summed E-state index contributed by atoms with van der Waals surface area (Å²) >= 11 is 0. The van der Waals surface area contributed by atoms with E-state index in [1.54, 1.807) is 0 Å². The molecule has 2 rings (SSSR count). The molecule has 2 heteroatoms. The van der Waals surface area contributed by atoms with Gasteiger partial charge in [0.25, 0.3) is 0 Å². The maximum atomic E-state index is 11.2. The summed E-state index contributed by atoms with van der Waals surface area (Å²) in [7, 11) is 4.36. The van der Waals surface area contributed by atoms with Gasteiger partial charge in [-0.25, -0.2) is 0 Å². The van der Waals surface area contributed by atoms with Crippen molar-refractivity contribution < 1.29 is 5.11 Å². The zero-order chi connectivity index (χ0) is 14.8. The number of hydrogen-bond donors (Lipinski definition) is 1. The van der Waals surface area contributed by atoms with Crippen LogP contribution in [0.3, 0.4) is 0 Å². The predicted molar refractivity (Wildman–Crippen MR) is 85.8 cm³/mol. The highest BCUT2D eigenvalue weighted by Gasteiger charge is 2.46. The zero-order valence-corrected chi connectivity index (χ0v) is 14.1. The first-order valence-corrected chi connectivity index (χ1v) is 8.85. The van der Waals surface area contributed by atoms with Gasteiger partial charge in [0.1, 0.15) is 0 Å². The Bertz CT molecular complexity index is 294. The molecule has 3 unspecified atom stereocenters. The summed E-state index contributed by atoms with van der Waals surface area (Å²) in [6.45, 7) is 4.67. The third kappa shape index (κ3) is 3.22. The van der Waals surface area contributed by atoms with Gasteiger partial charge in [-0.05, 0) is 70.4 Å². The minimum Gasteiger partial charge on any atom is -0.391 e. The lowest BCUT2D eigenvalue weighted by Crippen LogP contribution is -2.58. The molecule has 0 amide bonds. The molecule has 0 radical (unpaired) electrons. The Balaban J connectivity index is 2.08. The fraction of sp³-hybridized carbons (Fsp3) is 1.00. The molecule has 118 valence electrons. The standard InChI is InChI=1S/C18H35NO/c1-5-15-7-6-8-16(13-15)17(20)18(19(3)4)11-9-14(2)10-12-18/h14-17,20H,5-13H2,1-4H3. The molecule has 0 aromatic heterocycles. The van der Waals surface area contributed by atoms with E-state index < -0.39 is 0 Å². The molecule has 1 N–H and O–H groups in total. The molecule has 2 nitrogen and oxygen atoms in total. The van der Waals surface area contributed by atoms with E-state index in [9.17, 15) is 5.11 Å². The SMILES string of the molecule is CCC1CCCC(C(O)C2(N(C)C)CCC(C)CC2)C1. The second kappa shape index (κ2) is 6.79. The largest absolute Gasteiger partial charge is 0.391 e. The topological polar surface area (TPSA) is 23.5 Å². The van der Waals surface area contributed by atoms with Gasteiger partial charge in [-0.3, -0.25) is 0 Å². The molecular weight excluding hydrogens is 246 g/mol. The van der Waals surface area contributed by atoms with Crippen molar-refractivity contribution in [3.63, 3.8) is 0 Å². The molecule has 2 saturated carbocycles. The van der Waals surface area contributed by atoms with Gasteiger partial charge >= 0.3 is 0 Å². The smallest absolute Gasteiger partial charge is 0.0751 e. The molecule has 0 heterocycles. The van der Waals surface area contributed by atoms with Crippen LogP contribution in [-0.2, 0) is 0 Å². The van der Waals surface area contributed by atoms with Crippen LogP contribution < -0.4 is 0 Å². The summed E-state index contributed by atoms with van der Waals surface area (Å²) in [4.78, 5) is 2.35. The minimum absolute atomic E-state index is 0.0484. The molecule has 0 aromatic carbocycles. The number of hydrogen-bond acceptors (Lipinski definition) is 2. The van der Waals surface area contributed by atoms with Crippen molar-refractivity contribution in [2.24, 2.45) is 17.8 Å². The Kier molecular flexibility index (Phi) is 5.53. The fourth-order valence-electron chi connectivity index (χ4n) is 4.70. The Labute approximate surface area is 125 Å². The van der Waals surface area contributed by atoms with Gasteiger partial charge in [-0.1, -0.05) is 33.1 Å². The summed E-state index contributed by atoms with van der Waals surface area (Å²) in [6.07, 6.45) is 11.3. The molecule has 0 aliphatic heterocycles. The van der Waals surface area contributed by atoms with Crippen LogP contribution in [-0.4, -0.2) is 35.7 Å². The van der Waals surface area contributed by atoms with Crippen LogP contribution in [0.2, 0.25) is 0 Å². The summed E-state index contributed by atoms with van der Waals surface area (Å²) in [5, 5.41) is 11.2. The van der Waals surface area contributed by atoms with Gasteiger partial charge in [-0.15, -0.1) is 0 Å². The van der Waals surface area contributed by atoms with E-state index in [0.717, 1.165) is 11.8 Å². The minimum atomic E-state index is -0.126. The Morgan fingerprint density at radius 3 is 2.35 bits per heavy atom. The number of rotatable bonds is 4. The molecule has 0 spiro atoms. The van der Waals surface area contributed by atoms with Gasteiger partial charge in [-0.2, -0.15) is 0 Å². The molecule has 3 atom stereocenters. The average Bonchev–Trinajstić information content (AvgIpc) is 2.47. The second-order valence-corrected chi connectivity index (χ2v) is 7.83. The number of nitrogens with zero attached hydrogens (tertiary/aromatic N) is 1. The third-order valence-electron chi connectivity index (χ3n) is 6.43. The van der Waals surface area contributed by atoms with Crippen LogP contribution in [0.5, 0.6) is 0 Å². The van der Waals surface area contributed by atoms with Crippen LogP contribution in [0.1, 0.15) is 71.6 Å². The number of aliphatic hydroxyl groups is 1. The van der Waals surface area contributed by atoms with Gasteiger partial charge in [0.2, 0.25) is 0 Å². The van der Waals surface area contributed by atoms with Crippen molar-refractivity contribution in [1.29, 1.82) is 0 Å². The zero-order valence-electron chi connectivity index (χ0n) is 14.1. The van der Waals surface area contributed by atoms with Crippen molar-refractivity contribution in [3.05, 3.63) is 0 Å². The quantitative estimate of drug-likeness (QED) is 0.839. The van der Waals surface area contributed by atoms with E-state index in [0.29, 0.717) is 5.92 Å². The first kappa shape index (κ1) is 16.3. The highest BCUT2D eigenvalue weighted by atomic mass is 16.3. The van der Waals surface area contributed by atoms with Gasteiger partial charge in [0.15, 0.2) is 0 Å². The first-order chi connectivity index (χ1) is 9.49. The van der Waals surface area contributed by atoms with E-state index in [2.05, 4.69) is 32.8 Å². The first-order valence-electron chi connectivity index (χ1n) is 8.85. The number of likely N-dealkylation sites (N-methyl/N-ethyl adjacent to an activating group) is 1. The Hall–Kier alpha value is -0.0800. The maximum absolute atomic E-state index is 11.2. The Morgan fingerprint density at radius 1 is 1.15 bits per heavy atom. The van der Waals surface area contributed by atoms with E-state index in [1.165, 1.54) is 57.8 Å². The van der Waals surface area contributed by atoms with Crippen molar-refractivity contribution in [2.45, 2.75) is 83.3 Å². The van der Waals surface area contributed by atoms with Gasteiger partial charge < -0.3 is 10.0 Å². The summed E-state index contributed by atoms with van der Waals surface area (Å²) in [5.74, 6) is 2.22. The van der Waals surface area contributed by atoms with Crippen molar-refractivity contribution in [2.75, 3.05) is 14.1 Å². The van der Waals surface area contributed by atoms with Gasteiger partial charge in [0.05, 0.1) is 6.10 Å². The van der Waals surface area contributed by atoms with E-state index in [4.69, 9.17) is 0 Å². The highest BCUT2D eigenvalue weighted by molar-refractivity contribution is 5.01. The lowest BCUT2D eigenvalue weighted by molar-refractivity contribution is -0.0791. The molecule has 2 fully saturated rings. The molecule has 0 bridgehead atoms. The molecule has 20 heavy (non-hydrogen) atoms. The molecule has 2 aliphatic rings. The van der Waals surface area contributed by atoms with E-state index in [1.807, 2.05) is 0 Å². The normalized spacial score (nSPS) is 40.8. The maximum Gasteiger partial charge on any atom is 0.0751 e. The van der Waals surface area contributed by atoms with E-state index in [-0.39, 0.29) is 11.6 Å². The summed E-state index contributed by atoms with van der Waals surface area (Å²) in [5.41, 5.74) is 0.0484. The van der Waals surface area contributed by atoms with Crippen LogP contribution >= 0.6 is 0 Å². The predicted octanol–water partition coefficient (Wildman–Crippen LogP) is 4.07. The van der Waals surface area contributed by atoms with Crippen LogP contribution in [0.4, 0.5) is 0 Å². The fourth-order valence-corrected chi connectivity index (χ4v) is 4.70. The van der Waals surface area contributed by atoms with Crippen molar-refractivity contribution in [1.82, 2.24) is 4.90 Å². The molecule has 0 saturated heterocycles. The van der Waals surface area contributed by atoms with E-state index >= 15 is 0 Å². The summed E-state index contributed by atoms with van der Waals surface area (Å²) < 4.78 is 0. The third-order valence-corrected chi connectivity index (χ3v) is 6.43. The van der Waals surface area contributed by atoms with Crippen LogP contribution in [0.15, 0.2) is 0 Å². The van der Waals surface area contributed by atoms with Gasteiger partial charge in [0, 0.05) is 5.54 Å². The Morgan fingerprint density at radius 2 is 1.80 bits per heavy atom. The van der Waals surface area contributed by atoms with Crippen molar-refractivity contribution >= 4 is 0 Å². The van der Waals surface area contributed by atoms with Crippen LogP contribution in [0, 0.1) is 17.8 Å². The monoisotopic (exact) mass is 281 g/mol. The van der Waals surface area contributed by atoms with Crippen LogP contribution in [0.25, 0.3) is 0 Å². The molecule has 0 aromatic rings. The average molecular weight is 281 g/mol. The number of aliphatic hydroxyl groups excluding tert-OH is 1. The highest BCUT2D eigenvalue weighted by Crippen LogP contribution is 2.44. The van der Waals surface area contributed by atoms with Crippen molar-refractivity contribution in [3.8, 4) is 0 Å². The molecular formula is C18H35NO. The second-order valence-electron chi connectivity index (χ2n) is 7.83. The lowest BCUT2D eigenvalue weighted by Gasteiger charge is -2.51.